The van der Waals surface area contributed by atoms with Crippen LogP contribution in [0.5, 0.6) is 0 Å². The van der Waals surface area contributed by atoms with Crippen LogP contribution >= 0.6 is 15.9 Å². The zero-order valence-corrected chi connectivity index (χ0v) is 12.6. The van der Waals surface area contributed by atoms with Crippen LogP contribution < -0.4 is 5.32 Å². The number of hydrogen-bond acceptors (Lipinski definition) is 3. The Morgan fingerprint density at radius 3 is 2.89 bits per heavy atom. The van der Waals surface area contributed by atoms with Crippen LogP contribution in [0.4, 0.5) is 11.4 Å². The van der Waals surface area contributed by atoms with Crippen molar-refractivity contribution in [3.05, 3.63) is 32.8 Å². The third-order valence-electron chi connectivity index (χ3n) is 3.78. The second-order valence-electron chi connectivity index (χ2n) is 5.44. The molecule has 0 radical (unpaired) electrons. The summed E-state index contributed by atoms with van der Waals surface area (Å²) in [6.07, 6.45) is 5.23. The smallest absolute Gasteiger partial charge is 0.283 e. The van der Waals surface area contributed by atoms with Crippen molar-refractivity contribution in [1.82, 2.24) is 0 Å². The molecule has 0 aromatic heterocycles. The van der Waals surface area contributed by atoms with Crippen LogP contribution in [-0.4, -0.2) is 11.5 Å². The molecule has 1 aromatic rings. The molecule has 0 aliphatic heterocycles. The quantitative estimate of drug-likeness (QED) is 0.650. The Bertz CT molecular complexity index is 465. The van der Waals surface area contributed by atoms with Gasteiger partial charge in [0.2, 0.25) is 0 Å². The van der Waals surface area contributed by atoms with Gasteiger partial charge in [-0.3, -0.25) is 10.1 Å². The van der Waals surface area contributed by atoms with E-state index in [9.17, 15) is 10.1 Å². The van der Waals surface area contributed by atoms with Crippen LogP contribution in [0.25, 0.3) is 0 Å². The Kier molecular flexibility index (Phi) is 4.80. The standard InChI is InChI=1S/C14H19BrN2O2/c1-10-3-2-4-11(7-10)9-16-12-5-6-14(17(18)19)13(15)8-12/h5-6,8,10-11,16H,2-4,7,9H2,1H3. The Morgan fingerprint density at radius 2 is 2.26 bits per heavy atom. The number of anilines is 1. The summed E-state index contributed by atoms with van der Waals surface area (Å²) in [7, 11) is 0. The van der Waals surface area contributed by atoms with Crippen molar-refractivity contribution < 1.29 is 4.92 Å². The highest BCUT2D eigenvalue weighted by molar-refractivity contribution is 9.10. The van der Waals surface area contributed by atoms with Gasteiger partial charge in [-0.15, -0.1) is 0 Å². The first-order valence-corrected chi connectivity index (χ1v) is 7.53. The van der Waals surface area contributed by atoms with Gasteiger partial charge in [0.15, 0.2) is 0 Å². The fraction of sp³-hybridized carbons (Fsp3) is 0.571. The fourth-order valence-electron chi connectivity index (χ4n) is 2.77. The second kappa shape index (κ2) is 6.37. The number of benzene rings is 1. The van der Waals surface area contributed by atoms with E-state index < -0.39 is 0 Å². The van der Waals surface area contributed by atoms with E-state index >= 15 is 0 Å². The molecular weight excluding hydrogens is 308 g/mol. The normalized spacial score (nSPS) is 23.1. The molecule has 1 fully saturated rings. The molecule has 5 heteroatoms. The van der Waals surface area contributed by atoms with Crippen LogP contribution in [-0.2, 0) is 0 Å². The molecule has 0 saturated heterocycles. The van der Waals surface area contributed by atoms with E-state index in [4.69, 9.17) is 0 Å². The van der Waals surface area contributed by atoms with E-state index in [2.05, 4.69) is 28.2 Å². The summed E-state index contributed by atoms with van der Waals surface area (Å²) in [4.78, 5) is 10.4. The van der Waals surface area contributed by atoms with Crippen LogP contribution in [0.2, 0.25) is 0 Å². The van der Waals surface area contributed by atoms with Crippen molar-refractivity contribution in [2.45, 2.75) is 32.6 Å². The molecule has 0 bridgehead atoms. The van der Waals surface area contributed by atoms with Crippen molar-refractivity contribution in [3.8, 4) is 0 Å². The molecule has 0 heterocycles. The lowest BCUT2D eigenvalue weighted by Crippen LogP contribution is -2.20. The van der Waals surface area contributed by atoms with Crippen molar-refractivity contribution in [2.24, 2.45) is 11.8 Å². The zero-order valence-electron chi connectivity index (χ0n) is 11.1. The summed E-state index contributed by atoms with van der Waals surface area (Å²) < 4.78 is 0.527. The van der Waals surface area contributed by atoms with E-state index in [1.54, 1.807) is 12.1 Å². The van der Waals surface area contributed by atoms with E-state index in [-0.39, 0.29) is 10.6 Å². The van der Waals surface area contributed by atoms with Crippen molar-refractivity contribution >= 4 is 27.3 Å². The number of nitrogens with one attached hydrogen (secondary N) is 1. The van der Waals surface area contributed by atoms with Gasteiger partial charge < -0.3 is 5.32 Å². The maximum atomic E-state index is 10.7. The predicted octanol–water partition coefficient (Wildman–Crippen LogP) is 4.60. The molecule has 1 saturated carbocycles. The van der Waals surface area contributed by atoms with Gasteiger partial charge in [0, 0.05) is 18.3 Å². The third kappa shape index (κ3) is 3.93. The van der Waals surface area contributed by atoms with Gasteiger partial charge in [-0.25, -0.2) is 0 Å². The fourth-order valence-corrected chi connectivity index (χ4v) is 3.30. The number of nitro groups is 1. The molecule has 1 N–H and O–H groups in total. The summed E-state index contributed by atoms with van der Waals surface area (Å²) in [5, 5.41) is 14.1. The third-order valence-corrected chi connectivity index (χ3v) is 4.42. The minimum Gasteiger partial charge on any atom is -0.385 e. The molecule has 2 atom stereocenters. The first-order valence-electron chi connectivity index (χ1n) is 6.74. The summed E-state index contributed by atoms with van der Waals surface area (Å²) in [6.45, 7) is 3.27. The summed E-state index contributed by atoms with van der Waals surface area (Å²) in [5.74, 6) is 1.54. The second-order valence-corrected chi connectivity index (χ2v) is 6.30. The Morgan fingerprint density at radius 1 is 1.47 bits per heavy atom. The number of halogens is 1. The topological polar surface area (TPSA) is 55.2 Å². The minimum absolute atomic E-state index is 0.108. The summed E-state index contributed by atoms with van der Waals surface area (Å²) >= 11 is 3.24. The van der Waals surface area contributed by atoms with Gasteiger partial charge in [-0.1, -0.05) is 19.8 Å². The molecule has 4 nitrogen and oxygen atoms in total. The molecule has 0 spiro atoms. The molecule has 0 amide bonds. The highest BCUT2D eigenvalue weighted by Crippen LogP contribution is 2.30. The van der Waals surface area contributed by atoms with Gasteiger partial charge in [0.1, 0.15) is 0 Å². The molecule has 104 valence electrons. The average Bonchev–Trinajstić information content (AvgIpc) is 2.36. The van der Waals surface area contributed by atoms with Crippen molar-refractivity contribution in [1.29, 1.82) is 0 Å². The molecular formula is C14H19BrN2O2. The monoisotopic (exact) mass is 326 g/mol. The van der Waals surface area contributed by atoms with Crippen LogP contribution in [0.1, 0.15) is 32.6 Å². The van der Waals surface area contributed by atoms with Crippen molar-refractivity contribution in [2.75, 3.05) is 11.9 Å². The summed E-state index contributed by atoms with van der Waals surface area (Å²) in [6, 6.07) is 5.09. The number of hydrogen-bond donors (Lipinski definition) is 1. The molecule has 19 heavy (non-hydrogen) atoms. The number of rotatable bonds is 4. The first-order chi connectivity index (χ1) is 9.06. The molecule has 1 aliphatic rings. The maximum Gasteiger partial charge on any atom is 0.283 e. The zero-order chi connectivity index (χ0) is 13.8. The Balaban J connectivity index is 1.92. The van der Waals surface area contributed by atoms with Crippen LogP contribution in [0.15, 0.2) is 22.7 Å². The lowest BCUT2D eigenvalue weighted by atomic mass is 9.82. The molecule has 2 unspecified atom stereocenters. The maximum absolute atomic E-state index is 10.7. The van der Waals surface area contributed by atoms with Gasteiger partial charge >= 0.3 is 0 Å². The lowest BCUT2D eigenvalue weighted by Gasteiger charge is -2.27. The van der Waals surface area contributed by atoms with E-state index in [1.807, 2.05) is 0 Å². The van der Waals surface area contributed by atoms with E-state index in [0.717, 1.165) is 24.1 Å². The van der Waals surface area contributed by atoms with Gasteiger partial charge in [0.05, 0.1) is 9.40 Å². The SMILES string of the molecule is CC1CCCC(CNc2ccc([N+](=O)[O-])c(Br)c2)C1. The predicted molar refractivity (Wildman–Crippen MR) is 80.4 cm³/mol. The average molecular weight is 327 g/mol. The number of nitro benzene ring substituents is 1. The molecule has 1 aliphatic carbocycles. The van der Waals surface area contributed by atoms with Gasteiger partial charge in [-0.2, -0.15) is 0 Å². The number of nitrogens with zero attached hydrogens (tertiary/aromatic N) is 1. The van der Waals surface area contributed by atoms with Gasteiger partial charge in [0.25, 0.3) is 5.69 Å². The van der Waals surface area contributed by atoms with Crippen LogP contribution in [0, 0.1) is 22.0 Å². The minimum atomic E-state index is -0.378. The molecule has 1 aromatic carbocycles. The Labute approximate surface area is 121 Å². The highest BCUT2D eigenvalue weighted by atomic mass is 79.9. The van der Waals surface area contributed by atoms with Crippen LogP contribution in [0.3, 0.4) is 0 Å². The highest BCUT2D eigenvalue weighted by Gasteiger charge is 2.19. The van der Waals surface area contributed by atoms with Crippen molar-refractivity contribution in [3.63, 3.8) is 0 Å². The van der Waals surface area contributed by atoms with Gasteiger partial charge in [-0.05, 0) is 52.7 Å². The summed E-state index contributed by atoms with van der Waals surface area (Å²) in [5.41, 5.74) is 1.05. The van der Waals surface area contributed by atoms with E-state index in [0.29, 0.717) is 4.47 Å². The first kappa shape index (κ1) is 14.3. The van der Waals surface area contributed by atoms with E-state index in [1.165, 1.54) is 31.7 Å². The lowest BCUT2D eigenvalue weighted by molar-refractivity contribution is -0.385. The largest absolute Gasteiger partial charge is 0.385 e. The Hall–Kier alpha value is -1.10. The molecule has 2 rings (SSSR count).